The number of hydrogen-bond donors (Lipinski definition) is 1. The van der Waals surface area contributed by atoms with Crippen LogP contribution in [0.1, 0.15) is 25.7 Å². The van der Waals surface area contributed by atoms with Crippen LogP contribution in [0.15, 0.2) is 18.3 Å². The van der Waals surface area contributed by atoms with Gasteiger partial charge in [0.1, 0.15) is 17.0 Å². The maximum atomic E-state index is 14.8. The highest BCUT2D eigenvalue weighted by Gasteiger charge is 2.32. The molecule has 11 heteroatoms. The number of hydrogen-bond acceptors (Lipinski definition) is 6. The number of aryl methyl sites for hydroxylation is 1. The lowest BCUT2D eigenvalue weighted by atomic mass is 10.0. The summed E-state index contributed by atoms with van der Waals surface area (Å²) in [5, 5.41) is 3.02. The van der Waals surface area contributed by atoms with Crippen molar-refractivity contribution in [3.63, 3.8) is 0 Å². The Kier molecular flexibility index (Phi) is 5.42. The first-order valence-electron chi connectivity index (χ1n) is 9.94. The molecule has 1 aromatic carbocycles. The molecule has 0 aliphatic carbocycles. The molecule has 1 saturated heterocycles. The molecule has 31 heavy (non-hydrogen) atoms. The van der Waals surface area contributed by atoms with E-state index in [0.29, 0.717) is 36.5 Å². The minimum Gasteiger partial charge on any atom is -0.354 e. The molecule has 0 radical (unpaired) electrons. The van der Waals surface area contributed by atoms with Crippen molar-refractivity contribution in [1.82, 2.24) is 23.8 Å². The number of aromatic nitrogens is 4. The van der Waals surface area contributed by atoms with Crippen LogP contribution in [-0.2, 0) is 10.0 Å². The van der Waals surface area contributed by atoms with Gasteiger partial charge in [-0.3, -0.25) is 0 Å². The first kappa shape index (κ1) is 21.6. The van der Waals surface area contributed by atoms with Gasteiger partial charge in [-0.25, -0.2) is 36.5 Å². The third kappa shape index (κ3) is 4.11. The van der Waals surface area contributed by atoms with Crippen LogP contribution in [0.4, 0.5) is 14.7 Å². The molecule has 0 spiro atoms. The van der Waals surface area contributed by atoms with Gasteiger partial charge in [0.25, 0.3) is 0 Å². The number of imidazole rings is 1. The van der Waals surface area contributed by atoms with E-state index in [1.54, 1.807) is 13.0 Å². The van der Waals surface area contributed by atoms with E-state index < -0.39 is 21.7 Å². The van der Waals surface area contributed by atoms with Gasteiger partial charge in [-0.05, 0) is 32.9 Å². The van der Waals surface area contributed by atoms with Crippen molar-refractivity contribution in [3.05, 3.63) is 35.8 Å². The van der Waals surface area contributed by atoms with E-state index in [1.165, 1.54) is 16.6 Å². The molecule has 1 aliphatic rings. The van der Waals surface area contributed by atoms with Crippen LogP contribution in [-0.4, -0.2) is 58.1 Å². The summed E-state index contributed by atoms with van der Waals surface area (Å²) in [4.78, 5) is 12.5. The second kappa shape index (κ2) is 7.79. The van der Waals surface area contributed by atoms with Gasteiger partial charge in [0.15, 0.2) is 11.6 Å². The SMILES string of the molecule is Cc1nc2c(F)cc(-c3nc(NCC4CN(S(C)(=O)=O)C4)ncc3F)cc2n1C(C)C. The van der Waals surface area contributed by atoms with Crippen LogP contribution < -0.4 is 5.32 Å². The third-order valence-corrected chi connectivity index (χ3v) is 6.64. The average molecular weight is 451 g/mol. The molecule has 8 nitrogen and oxygen atoms in total. The smallest absolute Gasteiger partial charge is 0.223 e. The summed E-state index contributed by atoms with van der Waals surface area (Å²) in [6, 6.07) is 2.97. The van der Waals surface area contributed by atoms with Crippen molar-refractivity contribution >= 4 is 27.0 Å². The van der Waals surface area contributed by atoms with E-state index in [1.807, 2.05) is 18.4 Å². The predicted molar refractivity (Wildman–Crippen MR) is 114 cm³/mol. The van der Waals surface area contributed by atoms with Crippen molar-refractivity contribution in [2.45, 2.75) is 26.8 Å². The Morgan fingerprint density at radius 2 is 1.90 bits per heavy atom. The van der Waals surface area contributed by atoms with E-state index in [9.17, 15) is 17.2 Å². The molecule has 2 aromatic heterocycles. The minimum atomic E-state index is -3.18. The van der Waals surface area contributed by atoms with Gasteiger partial charge in [0.2, 0.25) is 16.0 Å². The molecule has 0 bridgehead atoms. The van der Waals surface area contributed by atoms with E-state index in [0.717, 1.165) is 6.20 Å². The molecule has 0 saturated carbocycles. The number of anilines is 1. The molecular formula is C20H24F2N6O2S. The maximum absolute atomic E-state index is 14.8. The average Bonchev–Trinajstić information content (AvgIpc) is 2.97. The van der Waals surface area contributed by atoms with Crippen LogP contribution in [0.25, 0.3) is 22.3 Å². The van der Waals surface area contributed by atoms with Crippen LogP contribution in [0.3, 0.4) is 0 Å². The molecule has 3 heterocycles. The van der Waals surface area contributed by atoms with Gasteiger partial charge in [-0.1, -0.05) is 0 Å². The number of sulfonamides is 1. The van der Waals surface area contributed by atoms with Crippen LogP contribution in [0.5, 0.6) is 0 Å². The van der Waals surface area contributed by atoms with Crippen LogP contribution in [0, 0.1) is 24.5 Å². The molecule has 3 aromatic rings. The highest BCUT2D eigenvalue weighted by molar-refractivity contribution is 7.88. The van der Waals surface area contributed by atoms with Crippen molar-refractivity contribution in [2.24, 2.45) is 5.92 Å². The third-order valence-electron chi connectivity index (χ3n) is 5.40. The van der Waals surface area contributed by atoms with Crippen molar-refractivity contribution in [2.75, 3.05) is 31.2 Å². The fraction of sp³-hybridized carbons (Fsp3) is 0.450. The zero-order valence-electron chi connectivity index (χ0n) is 17.7. The lowest BCUT2D eigenvalue weighted by Crippen LogP contribution is -2.51. The van der Waals surface area contributed by atoms with Crippen molar-refractivity contribution < 1.29 is 17.2 Å². The summed E-state index contributed by atoms with van der Waals surface area (Å²) in [5.74, 6) is -0.219. The highest BCUT2D eigenvalue weighted by Crippen LogP contribution is 2.30. The van der Waals surface area contributed by atoms with Gasteiger partial charge in [-0.2, -0.15) is 0 Å². The number of rotatable bonds is 6. The number of nitrogens with zero attached hydrogens (tertiary/aromatic N) is 5. The zero-order valence-corrected chi connectivity index (χ0v) is 18.5. The number of nitrogens with one attached hydrogen (secondary N) is 1. The molecule has 1 fully saturated rings. The fourth-order valence-electron chi connectivity index (χ4n) is 3.87. The van der Waals surface area contributed by atoms with Gasteiger partial charge < -0.3 is 9.88 Å². The minimum absolute atomic E-state index is 0.0150. The van der Waals surface area contributed by atoms with E-state index >= 15 is 0 Å². The Morgan fingerprint density at radius 3 is 2.55 bits per heavy atom. The van der Waals surface area contributed by atoms with Crippen LogP contribution in [0.2, 0.25) is 0 Å². The van der Waals surface area contributed by atoms with Crippen LogP contribution >= 0.6 is 0 Å². The Hall–Kier alpha value is -2.66. The summed E-state index contributed by atoms with van der Waals surface area (Å²) in [6.45, 7) is 7.02. The molecule has 0 amide bonds. The standard InChI is InChI=1S/C20H24F2N6O2S/c1-11(2)28-12(3)25-19-15(21)5-14(6-17(19)28)18-16(22)8-24-20(26-18)23-7-13-9-27(10-13)31(4,29)30/h5-6,8,11,13H,7,9-10H2,1-4H3,(H,23,24,26). The molecule has 0 unspecified atom stereocenters. The van der Waals surface area contributed by atoms with Crippen molar-refractivity contribution in [3.8, 4) is 11.3 Å². The Bertz CT molecular complexity index is 1250. The highest BCUT2D eigenvalue weighted by atomic mass is 32.2. The quantitative estimate of drug-likeness (QED) is 0.621. The van der Waals surface area contributed by atoms with Gasteiger partial charge >= 0.3 is 0 Å². The molecule has 1 N–H and O–H groups in total. The summed E-state index contributed by atoms with van der Waals surface area (Å²) in [5.41, 5.74) is 1.09. The predicted octanol–water partition coefficient (Wildman–Crippen LogP) is 2.96. The van der Waals surface area contributed by atoms with E-state index in [-0.39, 0.29) is 29.1 Å². The number of fused-ring (bicyclic) bond motifs is 1. The van der Waals surface area contributed by atoms with Gasteiger partial charge in [0.05, 0.1) is 18.0 Å². The normalized spacial score (nSPS) is 15.6. The second-order valence-electron chi connectivity index (χ2n) is 8.17. The number of halogens is 2. The van der Waals surface area contributed by atoms with E-state index in [4.69, 9.17) is 0 Å². The number of benzene rings is 1. The zero-order chi connectivity index (χ0) is 22.5. The Balaban J connectivity index is 1.60. The second-order valence-corrected chi connectivity index (χ2v) is 10.1. The monoisotopic (exact) mass is 450 g/mol. The van der Waals surface area contributed by atoms with Gasteiger partial charge in [-0.15, -0.1) is 0 Å². The Morgan fingerprint density at radius 1 is 1.19 bits per heavy atom. The first-order chi connectivity index (χ1) is 14.5. The summed E-state index contributed by atoms with van der Waals surface area (Å²) in [7, 11) is -3.18. The maximum Gasteiger partial charge on any atom is 0.223 e. The molecular weight excluding hydrogens is 426 g/mol. The summed E-state index contributed by atoms with van der Waals surface area (Å²) < 4.78 is 55.5. The molecule has 1 aliphatic heterocycles. The summed E-state index contributed by atoms with van der Waals surface area (Å²) >= 11 is 0. The molecule has 4 rings (SSSR count). The Labute approximate surface area is 179 Å². The first-order valence-corrected chi connectivity index (χ1v) is 11.8. The largest absolute Gasteiger partial charge is 0.354 e. The fourth-order valence-corrected chi connectivity index (χ4v) is 4.83. The molecule has 166 valence electrons. The van der Waals surface area contributed by atoms with E-state index in [2.05, 4.69) is 20.3 Å². The lowest BCUT2D eigenvalue weighted by molar-refractivity contribution is 0.213. The van der Waals surface area contributed by atoms with Gasteiger partial charge in [0, 0.05) is 37.2 Å². The summed E-state index contributed by atoms with van der Waals surface area (Å²) in [6.07, 6.45) is 2.22. The lowest BCUT2D eigenvalue weighted by Gasteiger charge is -2.37. The topological polar surface area (TPSA) is 93.0 Å². The molecule has 0 atom stereocenters. The van der Waals surface area contributed by atoms with Crippen molar-refractivity contribution in [1.29, 1.82) is 0 Å².